The van der Waals surface area contributed by atoms with Crippen LogP contribution in [-0.4, -0.2) is 6.04 Å². The van der Waals surface area contributed by atoms with Gasteiger partial charge in [0.25, 0.3) is 0 Å². The Morgan fingerprint density at radius 1 is 1.50 bits per heavy atom. The van der Waals surface area contributed by atoms with E-state index in [9.17, 15) is 0 Å². The zero-order valence-corrected chi connectivity index (χ0v) is 5.43. The van der Waals surface area contributed by atoms with Gasteiger partial charge in [-0.3, -0.25) is 0 Å². The van der Waals surface area contributed by atoms with Gasteiger partial charge in [0.15, 0.2) is 0 Å². The fraction of sp³-hybridized carbons (Fsp3) is 0.857. The van der Waals surface area contributed by atoms with Crippen molar-refractivity contribution in [2.45, 2.75) is 32.2 Å². The predicted octanol–water partition coefficient (Wildman–Crippen LogP) is 1.34. The summed E-state index contributed by atoms with van der Waals surface area (Å²) in [5, 5.41) is 0. The molecule has 2 N–H and O–H groups in total. The van der Waals surface area contributed by atoms with E-state index >= 15 is 0 Å². The van der Waals surface area contributed by atoms with Crippen molar-refractivity contribution in [2.24, 2.45) is 11.7 Å². The highest BCUT2D eigenvalue weighted by Gasteiger charge is 2.21. The van der Waals surface area contributed by atoms with Gasteiger partial charge < -0.3 is 5.73 Å². The Hall–Kier alpha value is -0.170. The Balaban J connectivity index is 2.19. The van der Waals surface area contributed by atoms with Crippen molar-refractivity contribution < 1.29 is 0 Å². The highest BCUT2D eigenvalue weighted by atomic mass is 14.6. The molecule has 1 nitrogen and oxygen atoms in total. The Labute approximate surface area is 51.3 Å². The molecule has 46 valence electrons. The smallest absolute Gasteiger partial charge is 0.103 e. The third-order valence-electron chi connectivity index (χ3n) is 1.83. The van der Waals surface area contributed by atoms with Crippen LogP contribution in [0.4, 0.5) is 0 Å². The van der Waals surface area contributed by atoms with Gasteiger partial charge in [0.1, 0.15) is 6.42 Å². The molecule has 1 aliphatic carbocycles. The Morgan fingerprint density at radius 2 is 2.25 bits per heavy atom. The second-order valence-corrected chi connectivity index (χ2v) is 2.79. The molecule has 1 rings (SSSR count). The predicted molar refractivity (Wildman–Crippen MR) is 35.3 cm³/mol. The minimum atomic E-state index is 0.464. The van der Waals surface area contributed by atoms with Crippen molar-refractivity contribution in [2.75, 3.05) is 0 Å². The van der Waals surface area contributed by atoms with Crippen LogP contribution in [0.15, 0.2) is 0 Å². The topological polar surface area (TPSA) is 26.0 Å². The van der Waals surface area contributed by atoms with Crippen molar-refractivity contribution in [1.29, 1.82) is 0 Å². The van der Waals surface area contributed by atoms with Crippen LogP contribution in [-0.2, 0) is 0 Å². The highest BCUT2D eigenvalue weighted by molar-refractivity contribution is 4.84. The van der Waals surface area contributed by atoms with Crippen LogP contribution in [0.2, 0.25) is 0 Å². The summed E-state index contributed by atoms with van der Waals surface area (Å²) in [6, 6.07) is 0.464. The molecule has 0 amide bonds. The molecule has 8 heavy (non-hydrogen) atoms. The van der Waals surface area contributed by atoms with Gasteiger partial charge in [-0.25, -0.2) is 0 Å². The van der Waals surface area contributed by atoms with E-state index in [1.807, 2.05) is 0 Å². The Morgan fingerprint density at radius 3 is 2.62 bits per heavy atom. The molecule has 0 spiro atoms. The van der Waals surface area contributed by atoms with Crippen molar-refractivity contribution in [3.05, 3.63) is 6.42 Å². The number of hydrogen-bond donors (Lipinski definition) is 1. The first kappa shape index (κ1) is 5.96. The van der Waals surface area contributed by atoms with Gasteiger partial charge in [0.05, 0.1) is 12.3 Å². The molecule has 2 unspecified atom stereocenters. The van der Waals surface area contributed by atoms with E-state index < -0.39 is 0 Å². The molecule has 1 heteroatoms. The average molecular weight is 112 g/mol. The summed E-state index contributed by atoms with van der Waals surface area (Å²) in [5.41, 5.74) is 5.67. The number of rotatable bonds is 0. The van der Waals surface area contributed by atoms with E-state index in [2.05, 4.69) is 13.3 Å². The second kappa shape index (κ2) is 2.40. The maximum absolute atomic E-state index is 5.67. The maximum atomic E-state index is 5.67. The first-order valence-electron chi connectivity index (χ1n) is 3.38. The van der Waals surface area contributed by atoms with Crippen molar-refractivity contribution >= 4 is 0 Å². The third-order valence-corrected chi connectivity index (χ3v) is 1.83. The molecule has 0 heterocycles. The standard InChI is InChI=1S/C7H14N/c1-6-2-4-7(8)5-3-6/h2,6-7H,3-5,8H2,1H3/q+1. The Kier molecular flexibility index (Phi) is 1.79. The lowest BCUT2D eigenvalue weighted by Gasteiger charge is -2.14. The largest absolute Gasteiger partial charge is 0.324 e. The molecule has 0 radical (unpaired) electrons. The van der Waals surface area contributed by atoms with Gasteiger partial charge in [-0.1, -0.05) is 0 Å². The molecular weight excluding hydrogens is 98.1 g/mol. The summed E-state index contributed by atoms with van der Waals surface area (Å²) in [6.45, 7) is 2.26. The van der Waals surface area contributed by atoms with Crippen LogP contribution >= 0.6 is 0 Å². The van der Waals surface area contributed by atoms with Crippen LogP contribution in [0.25, 0.3) is 0 Å². The highest BCUT2D eigenvalue weighted by Crippen LogP contribution is 2.20. The van der Waals surface area contributed by atoms with Gasteiger partial charge in [-0.15, -0.1) is 0 Å². The summed E-state index contributed by atoms with van der Waals surface area (Å²) < 4.78 is 0. The lowest BCUT2D eigenvalue weighted by molar-refractivity contribution is 0.428. The van der Waals surface area contributed by atoms with Gasteiger partial charge in [0.2, 0.25) is 0 Å². The number of nitrogens with two attached hydrogens (primary N) is 1. The molecule has 1 saturated carbocycles. The van der Waals surface area contributed by atoms with E-state index in [1.54, 1.807) is 0 Å². The Bertz CT molecular complexity index is 52.8. The van der Waals surface area contributed by atoms with Gasteiger partial charge in [-0.2, -0.15) is 0 Å². The summed E-state index contributed by atoms with van der Waals surface area (Å²) in [4.78, 5) is 0. The van der Waals surface area contributed by atoms with Crippen LogP contribution < -0.4 is 5.73 Å². The fourth-order valence-electron chi connectivity index (χ4n) is 1.12. The summed E-state index contributed by atoms with van der Waals surface area (Å²) in [7, 11) is 0. The normalized spacial score (nSPS) is 38.8. The van der Waals surface area contributed by atoms with Crippen LogP contribution in [0.3, 0.4) is 0 Å². The summed E-state index contributed by atoms with van der Waals surface area (Å²) >= 11 is 0. The maximum Gasteiger partial charge on any atom is 0.103 e. The van der Waals surface area contributed by atoms with E-state index in [-0.39, 0.29) is 0 Å². The monoisotopic (exact) mass is 112 g/mol. The first-order valence-corrected chi connectivity index (χ1v) is 3.38. The van der Waals surface area contributed by atoms with Crippen molar-refractivity contribution in [1.82, 2.24) is 0 Å². The zero-order chi connectivity index (χ0) is 5.98. The zero-order valence-electron chi connectivity index (χ0n) is 5.43. The molecule has 2 atom stereocenters. The fourth-order valence-corrected chi connectivity index (χ4v) is 1.12. The molecule has 0 aromatic heterocycles. The molecule has 0 aromatic carbocycles. The minimum Gasteiger partial charge on any atom is -0.324 e. The van der Waals surface area contributed by atoms with Gasteiger partial charge in [0, 0.05) is 6.04 Å². The van der Waals surface area contributed by atoms with E-state index in [4.69, 9.17) is 5.73 Å². The number of hydrogen-bond acceptors (Lipinski definition) is 1. The molecule has 1 fully saturated rings. The van der Waals surface area contributed by atoms with Crippen molar-refractivity contribution in [3.63, 3.8) is 0 Å². The molecule has 0 bridgehead atoms. The van der Waals surface area contributed by atoms with E-state index in [1.165, 1.54) is 12.8 Å². The van der Waals surface area contributed by atoms with Crippen LogP contribution in [0.1, 0.15) is 26.2 Å². The molecule has 1 aliphatic rings. The molecule has 0 aliphatic heterocycles. The molecule has 0 aromatic rings. The van der Waals surface area contributed by atoms with Gasteiger partial charge >= 0.3 is 0 Å². The van der Waals surface area contributed by atoms with Crippen LogP contribution in [0, 0.1) is 12.3 Å². The quantitative estimate of drug-likeness (QED) is 0.470. The molecular formula is C7H14N+. The average Bonchev–Trinajstić information content (AvgIpc) is 1.77. The minimum absolute atomic E-state index is 0.464. The van der Waals surface area contributed by atoms with E-state index in [0.717, 1.165) is 12.3 Å². The SMILES string of the molecule is CC1[CH+]CC(N)CC1. The lowest BCUT2D eigenvalue weighted by Crippen LogP contribution is -2.25. The first-order chi connectivity index (χ1) is 3.79. The van der Waals surface area contributed by atoms with Gasteiger partial charge in [-0.05, 0) is 19.8 Å². The second-order valence-electron chi connectivity index (χ2n) is 2.79. The lowest BCUT2D eigenvalue weighted by atomic mass is 9.88. The van der Waals surface area contributed by atoms with E-state index in [0.29, 0.717) is 6.04 Å². The summed E-state index contributed by atoms with van der Waals surface area (Å²) in [6.07, 6.45) is 5.97. The summed E-state index contributed by atoms with van der Waals surface area (Å²) in [5.74, 6) is 0.815. The third kappa shape index (κ3) is 1.41. The van der Waals surface area contributed by atoms with Crippen LogP contribution in [0.5, 0.6) is 0 Å². The molecule has 0 saturated heterocycles. The van der Waals surface area contributed by atoms with Crippen molar-refractivity contribution in [3.8, 4) is 0 Å².